The number of rotatable bonds is 13. The van der Waals surface area contributed by atoms with E-state index in [1.54, 1.807) is 6.08 Å². The lowest BCUT2D eigenvalue weighted by Gasteiger charge is -2.12. The zero-order valence-electron chi connectivity index (χ0n) is 17.5. The fourth-order valence-electron chi connectivity index (χ4n) is 3.36. The molecule has 0 saturated carbocycles. The summed E-state index contributed by atoms with van der Waals surface area (Å²) < 4.78 is 0. The molecule has 4 heteroatoms. The van der Waals surface area contributed by atoms with Gasteiger partial charge in [-0.05, 0) is 35.8 Å². The van der Waals surface area contributed by atoms with Gasteiger partial charge in [-0.2, -0.15) is 0 Å². The van der Waals surface area contributed by atoms with Crippen LogP contribution in [0.25, 0.3) is 6.08 Å². The van der Waals surface area contributed by atoms with Crippen LogP contribution in [-0.4, -0.2) is 26.4 Å². The second-order valence-electron chi connectivity index (χ2n) is 7.66. The standard InChI is InChI=1S/C25H35NO3/c1-2-3-4-5-6-7-14-24(28)16-15-22-12-9-13-23(26-22)18-25(29)21-11-8-10-20(17-21)19-27/h8-13,15-17,24-25,27-29H,2-7,14,18-19H2,1H3/b16-15+. The van der Waals surface area contributed by atoms with Crippen molar-refractivity contribution in [1.82, 2.24) is 4.98 Å². The number of unbranched alkanes of at least 4 members (excludes halogenated alkanes) is 5. The molecule has 1 heterocycles. The third-order valence-electron chi connectivity index (χ3n) is 5.09. The van der Waals surface area contributed by atoms with Crippen molar-refractivity contribution < 1.29 is 15.3 Å². The Hall–Kier alpha value is -2.01. The molecule has 158 valence electrons. The van der Waals surface area contributed by atoms with Crippen LogP contribution in [0.4, 0.5) is 0 Å². The maximum Gasteiger partial charge on any atom is 0.0845 e. The smallest absolute Gasteiger partial charge is 0.0845 e. The summed E-state index contributed by atoms with van der Waals surface area (Å²) in [4.78, 5) is 4.58. The molecule has 0 amide bonds. The first kappa shape index (κ1) is 23.3. The average Bonchev–Trinajstić information content (AvgIpc) is 2.75. The van der Waals surface area contributed by atoms with Crippen LogP contribution in [0.3, 0.4) is 0 Å². The molecule has 2 unspecified atom stereocenters. The fourth-order valence-corrected chi connectivity index (χ4v) is 3.36. The topological polar surface area (TPSA) is 73.6 Å². The molecule has 0 radical (unpaired) electrons. The molecule has 0 aliphatic rings. The van der Waals surface area contributed by atoms with Gasteiger partial charge in [0.2, 0.25) is 0 Å². The largest absolute Gasteiger partial charge is 0.392 e. The van der Waals surface area contributed by atoms with Crippen LogP contribution in [0.1, 0.15) is 80.5 Å². The molecule has 0 fully saturated rings. The molecule has 0 spiro atoms. The van der Waals surface area contributed by atoms with Gasteiger partial charge in [0.15, 0.2) is 0 Å². The average molecular weight is 398 g/mol. The molecule has 2 rings (SSSR count). The number of benzene rings is 1. The van der Waals surface area contributed by atoms with Gasteiger partial charge in [0.05, 0.1) is 24.5 Å². The van der Waals surface area contributed by atoms with E-state index < -0.39 is 12.2 Å². The highest BCUT2D eigenvalue weighted by Gasteiger charge is 2.10. The maximum atomic E-state index is 10.5. The van der Waals surface area contributed by atoms with Crippen LogP contribution >= 0.6 is 0 Å². The van der Waals surface area contributed by atoms with Crippen molar-refractivity contribution in [2.75, 3.05) is 0 Å². The van der Waals surface area contributed by atoms with Crippen molar-refractivity contribution in [2.24, 2.45) is 0 Å². The molecule has 0 aliphatic heterocycles. The van der Waals surface area contributed by atoms with Gasteiger partial charge in [0.25, 0.3) is 0 Å². The van der Waals surface area contributed by atoms with E-state index >= 15 is 0 Å². The SMILES string of the molecule is CCCCCCCCC(O)/C=C/c1cccc(CC(O)c2cccc(CO)c2)n1. The molecule has 29 heavy (non-hydrogen) atoms. The first-order valence-corrected chi connectivity index (χ1v) is 10.8. The number of aliphatic hydroxyl groups excluding tert-OH is 3. The molecule has 0 bridgehead atoms. The van der Waals surface area contributed by atoms with E-state index in [-0.39, 0.29) is 6.61 Å². The van der Waals surface area contributed by atoms with Crippen molar-refractivity contribution in [2.45, 2.75) is 77.1 Å². The summed E-state index contributed by atoms with van der Waals surface area (Å²) in [5, 5.41) is 29.9. The molecule has 2 aromatic rings. The number of hydrogen-bond acceptors (Lipinski definition) is 4. The molecule has 3 N–H and O–H groups in total. The lowest BCUT2D eigenvalue weighted by atomic mass is 10.0. The summed E-state index contributed by atoms with van der Waals surface area (Å²) in [6, 6.07) is 13.0. The molecule has 0 aliphatic carbocycles. The second-order valence-corrected chi connectivity index (χ2v) is 7.66. The fraction of sp³-hybridized carbons (Fsp3) is 0.480. The van der Waals surface area contributed by atoms with Gasteiger partial charge in [-0.25, -0.2) is 0 Å². The Balaban J connectivity index is 1.84. The van der Waals surface area contributed by atoms with Crippen molar-refractivity contribution in [3.8, 4) is 0 Å². The van der Waals surface area contributed by atoms with Gasteiger partial charge in [0.1, 0.15) is 0 Å². The molecule has 1 aromatic heterocycles. The monoisotopic (exact) mass is 397 g/mol. The summed E-state index contributed by atoms with van der Waals surface area (Å²) in [6.45, 7) is 2.17. The van der Waals surface area contributed by atoms with Crippen molar-refractivity contribution in [1.29, 1.82) is 0 Å². The second kappa shape index (κ2) is 13.3. The van der Waals surface area contributed by atoms with Crippen LogP contribution in [0.5, 0.6) is 0 Å². The minimum atomic E-state index is -0.675. The first-order valence-electron chi connectivity index (χ1n) is 10.8. The van der Waals surface area contributed by atoms with Gasteiger partial charge < -0.3 is 15.3 Å². The van der Waals surface area contributed by atoms with Crippen LogP contribution < -0.4 is 0 Å². The minimum absolute atomic E-state index is 0.0415. The summed E-state index contributed by atoms with van der Waals surface area (Å²) in [7, 11) is 0. The molecule has 1 aromatic carbocycles. The molecular formula is C25H35NO3. The number of aromatic nitrogens is 1. The third kappa shape index (κ3) is 8.90. The predicted octanol–water partition coefficient (Wildman–Crippen LogP) is 4.97. The van der Waals surface area contributed by atoms with Crippen LogP contribution in [0.15, 0.2) is 48.5 Å². The summed E-state index contributed by atoms with van der Waals surface area (Å²) >= 11 is 0. The zero-order chi connectivity index (χ0) is 20.9. The minimum Gasteiger partial charge on any atom is -0.392 e. The van der Waals surface area contributed by atoms with E-state index in [0.29, 0.717) is 6.42 Å². The maximum absolute atomic E-state index is 10.5. The molecule has 4 nitrogen and oxygen atoms in total. The highest BCUT2D eigenvalue weighted by atomic mass is 16.3. The lowest BCUT2D eigenvalue weighted by molar-refractivity contribution is 0.177. The predicted molar refractivity (Wildman–Crippen MR) is 118 cm³/mol. The van der Waals surface area contributed by atoms with Gasteiger partial charge in [-0.1, -0.05) is 81.9 Å². The van der Waals surface area contributed by atoms with E-state index in [9.17, 15) is 15.3 Å². The number of aliphatic hydroxyl groups is 3. The number of pyridine rings is 1. The first-order chi connectivity index (χ1) is 14.1. The van der Waals surface area contributed by atoms with E-state index in [0.717, 1.165) is 35.4 Å². The highest BCUT2D eigenvalue weighted by molar-refractivity contribution is 5.45. The van der Waals surface area contributed by atoms with Gasteiger partial charge in [-0.15, -0.1) is 0 Å². The molecule has 2 atom stereocenters. The van der Waals surface area contributed by atoms with Crippen LogP contribution in [0.2, 0.25) is 0 Å². The Bertz CT molecular complexity index is 744. The molecular weight excluding hydrogens is 362 g/mol. The van der Waals surface area contributed by atoms with Crippen LogP contribution in [0, 0.1) is 0 Å². The van der Waals surface area contributed by atoms with E-state index in [4.69, 9.17) is 0 Å². The number of nitrogens with zero attached hydrogens (tertiary/aromatic N) is 1. The van der Waals surface area contributed by atoms with Crippen LogP contribution in [-0.2, 0) is 13.0 Å². The van der Waals surface area contributed by atoms with Gasteiger partial charge in [-0.3, -0.25) is 4.98 Å². The zero-order valence-corrected chi connectivity index (χ0v) is 17.5. The number of hydrogen-bond donors (Lipinski definition) is 3. The Morgan fingerprint density at radius 1 is 0.966 bits per heavy atom. The quantitative estimate of drug-likeness (QED) is 0.417. The van der Waals surface area contributed by atoms with E-state index in [1.807, 2.05) is 48.5 Å². The van der Waals surface area contributed by atoms with Gasteiger partial charge in [0, 0.05) is 12.1 Å². The third-order valence-corrected chi connectivity index (χ3v) is 5.09. The normalized spacial score (nSPS) is 13.7. The van der Waals surface area contributed by atoms with E-state index in [2.05, 4.69) is 11.9 Å². The Kier molecular flexibility index (Phi) is 10.6. The van der Waals surface area contributed by atoms with Gasteiger partial charge >= 0.3 is 0 Å². The summed E-state index contributed by atoms with van der Waals surface area (Å²) in [6.07, 6.45) is 11.0. The molecule has 0 saturated heterocycles. The van der Waals surface area contributed by atoms with E-state index in [1.165, 1.54) is 32.1 Å². The van der Waals surface area contributed by atoms with Crippen molar-refractivity contribution >= 4 is 6.08 Å². The summed E-state index contributed by atoms with van der Waals surface area (Å²) in [5.74, 6) is 0. The Morgan fingerprint density at radius 3 is 2.52 bits per heavy atom. The Morgan fingerprint density at radius 2 is 1.72 bits per heavy atom. The van der Waals surface area contributed by atoms with Crippen molar-refractivity contribution in [3.05, 3.63) is 71.1 Å². The van der Waals surface area contributed by atoms with Crippen molar-refractivity contribution in [3.63, 3.8) is 0 Å². The lowest BCUT2D eigenvalue weighted by Crippen LogP contribution is -2.05. The highest BCUT2D eigenvalue weighted by Crippen LogP contribution is 2.19. The Labute approximate surface area is 175 Å². The summed E-state index contributed by atoms with van der Waals surface area (Å²) in [5.41, 5.74) is 3.12.